The van der Waals surface area contributed by atoms with Crippen molar-refractivity contribution in [3.8, 4) is 0 Å². The Morgan fingerprint density at radius 2 is 2.31 bits per heavy atom. The Morgan fingerprint density at radius 1 is 1.56 bits per heavy atom. The van der Waals surface area contributed by atoms with Crippen LogP contribution in [0.1, 0.15) is 13.8 Å². The number of aromatic nitrogens is 4. The second-order valence-electron chi connectivity index (χ2n) is 4.25. The van der Waals surface area contributed by atoms with Crippen molar-refractivity contribution in [2.75, 3.05) is 13.2 Å². The van der Waals surface area contributed by atoms with Gasteiger partial charge in [0.25, 0.3) is 0 Å². The third-order valence-electron chi connectivity index (χ3n) is 2.58. The first-order chi connectivity index (χ1) is 7.50. The van der Waals surface area contributed by atoms with E-state index in [0.29, 0.717) is 24.5 Å². The number of amides is 1. The summed E-state index contributed by atoms with van der Waals surface area (Å²) in [6.45, 7) is 5.39. The maximum atomic E-state index is 11.5. The van der Waals surface area contributed by atoms with Crippen LogP contribution in [0.15, 0.2) is 0 Å². The van der Waals surface area contributed by atoms with E-state index in [0.717, 1.165) is 0 Å². The van der Waals surface area contributed by atoms with Gasteiger partial charge in [0.05, 0.1) is 12.1 Å². The molecule has 0 radical (unpaired) electrons. The van der Waals surface area contributed by atoms with Gasteiger partial charge in [-0.3, -0.25) is 4.90 Å². The molecule has 1 aliphatic rings. The Labute approximate surface area is 97.4 Å². The topological polar surface area (TPSA) is 76.0 Å². The van der Waals surface area contributed by atoms with Crippen molar-refractivity contribution in [2.45, 2.75) is 25.9 Å². The Kier molecular flexibility index (Phi) is 2.66. The molecule has 1 fully saturated rings. The summed E-state index contributed by atoms with van der Waals surface area (Å²) in [5.41, 5.74) is -0.271. The van der Waals surface area contributed by atoms with E-state index < -0.39 is 0 Å². The number of hydrogen-bond donors (Lipinski definition) is 1. The third kappa shape index (κ3) is 1.92. The number of nitrogens with zero attached hydrogens (tertiary/aromatic N) is 4. The molecule has 8 heteroatoms. The number of nitrogens with one attached hydrogen (secondary N) is 1. The monoisotopic (exact) mass is 243 g/mol. The molecule has 0 unspecified atom stereocenters. The lowest BCUT2D eigenvalue weighted by Crippen LogP contribution is -2.43. The summed E-state index contributed by atoms with van der Waals surface area (Å²) in [6.07, 6.45) is -0.288. The summed E-state index contributed by atoms with van der Waals surface area (Å²) in [5, 5.41) is 9.87. The maximum Gasteiger partial charge on any atom is 0.410 e. The van der Waals surface area contributed by atoms with Gasteiger partial charge in [0, 0.05) is 6.54 Å². The van der Waals surface area contributed by atoms with Gasteiger partial charge in [-0.05, 0) is 26.1 Å². The van der Waals surface area contributed by atoms with Crippen LogP contribution in [0.2, 0.25) is 0 Å². The average molecular weight is 243 g/mol. The molecule has 2 rings (SSSR count). The highest BCUT2D eigenvalue weighted by atomic mass is 32.1. The summed E-state index contributed by atoms with van der Waals surface area (Å²) in [6, 6.07) is 0. The number of aromatic amines is 1. The minimum absolute atomic E-state index is 0.271. The molecule has 7 nitrogen and oxygen atoms in total. The second-order valence-corrected chi connectivity index (χ2v) is 4.62. The van der Waals surface area contributed by atoms with Gasteiger partial charge in [0.15, 0.2) is 0 Å². The van der Waals surface area contributed by atoms with Crippen LogP contribution in [0, 0.1) is 4.77 Å². The molecular formula is C8H13N5O2S. The van der Waals surface area contributed by atoms with Gasteiger partial charge in [-0.2, -0.15) is 5.21 Å². The van der Waals surface area contributed by atoms with E-state index in [9.17, 15) is 4.79 Å². The van der Waals surface area contributed by atoms with Gasteiger partial charge in [-0.1, -0.05) is 10.3 Å². The van der Waals surface area contributed by atoms with E-state index in [4.69, 9.17) is 17.0 Å². The zero-order chi connectivity index (χ0) is 11.8. The minimum Gasteiger partial charge on any atom is -0.447 e. The van der Waals surface area contributed by atoms with Gasteiger partial charge in [-0.15, -0.1) is 0 Å². The van der Waals surface area contributed by atoms with E-state index in [1.807, 2.05) is 13.8 Å². The van der Waals surface area contributed by atoms with Gasteiger partial charge in [0.1, 0.15) is 6.61 Å². The molecule has 1 aromatic rings. The fourth-order valence-electron chi connectivity index (χ4n) is 1.60. The van der Waals surface area contributed by atoms with E-state index in [2.05, 4.69) is 15.5 Å². The summed E-state index contributed by atoms with van der Waals surface area (Å²) in [7, 11) is 0. The largest absolute Gasteiger partial charge is 0.447 e. The molecule has 1 amide bonds. The standard InChI is InChI=1S/C8H13N5O2S/c1-8(2)5-15-7(14)12(8)3-4-13-6(16)9-10-11-13/h3-5H2,1-2H3,(H,9,11,16). The Balaban J connectivity index is 2.03. The van der Waals surface area contributed by atoms with Crippen molar-refractivity contribution in [3.05, 3.63) is 4.77 Å². The number of rotatable bonds is 3. The number of hydrogen-bond acceptors (Lipinski definition) is 5. The van der Waals surface area contributed by atoms with Gasteiger partial charge >= 0.3 is 6.09 Å². The highest BCUT2D eigenvalue weighted by Gasteiger charge is 2.39. The van der Waals surface area contributed by atoms with E-state index in [1.165, 1.54) is 0 Å². The quantitative estimate of drug-likeness (QED) is 0.785. The molecule has 0 saturated carbocycles. The third-order valence-corrected chi connectivity index (χ3v) is 2.88. The van der Waals surface area contributed by atoms with E-state index >= 15 is 0 Å². The van der Waals surface area contributed by atoms with Crippen molar-refractivity contribution >= 4 is 18.3 Å². The lowest BCUT2D eigenvalue weighted by molar-refractivity contribution is 0.152. The highest BCUT2D eigenvalue weighted by molar-refractivity contribution is 7.71. The predicted molar refractivity (Wildman–Crippen MR) is 57.3 cm³/mol. The van der Waals surface area contributed by atoms with E-state index in [-0.39, 0.29) is 11.6 Å². The number of H-pyrrole nitrogens is 1. The van der Waals surface area contributed by atoms with Crippen molar-refractivity contribution in [2.24, 2.45) is 0 Å². The zero-order valence-electron chi connectivity index (χ0n) is 9.13. The molecule has 0 aliphatic carbocycles. The molecule has 2 heterocycles. The zero-order valence-corrected chi connectivity index (χ0v) is 9.95. The van der Waals surface area contributed by atoms with Gasteiger partial charge < -0.3 is 4.74 Å². The molecule has 16 heavy (non-hydrogen) atoms. The van der Waals surface area contributed by atoms with E-state index in [1.54, 1.807) is 9.58 Å². The molecule has 1 saturated heterocycles. The van der Waals surface area contributed by atoms with Gasteiger partial charge in [-0.25, -0.2) is 9.48 Å². The lowest BCUT2D eigenvalue weighted by Gasteiger charge is -2.27. The molecule has 0 aromatic carbocycles. The van der Waals surface area contributed by atoms with Crippen LogP contribution in [0.5, 0.6) is 0 Å². The lowest BCUT2D eigenvalue weighted by atomic mass is 10.1. The summed E-state index contributed by atoms with van der Waals surface area (Å²) >= 11 is 4.94. The minimum atomic E-state index is -0.288. The van der Waals surface area contributed by atoms with Crippen LogP contribution in [-0.2, 0) is 11.3 Å². The number of tetrazole rings is 1. The first-order valence-corrected chi connectivity index (χ1v) is 5.34. The summed E-state index contributed by atoms with van der Waals surface area (Å²) in [4.78, 5) is 13.1. The Hall–Kier alpha value is -1.44. The Bertz CT molecular complexity index is 451. The molecule has 1 aliphatic heterocycles. The number of carbonyl (C=O) groups is 1. The molecular weight excluding hydrogens is 230 g/mol. The maximum absolute atomic E-state index is 11.5. The van der Waals surface area contributed by atoms with Crippen LogP contribution in [0.4, 0.5) is 4.79 Å². The first kappa shape index (κ1) is 11.1. The van der Waals surface area contributed by atoms with Crippen molar-refractivity contribution in [3.63, 3.8) is 0 Å². The predicted octanol–water partition coefficient (Wildman–Crippen LogP) is 0.566. The fraction of sp³-hybridized carbons (Fsp3) is 0.750. The molecule has 1 aromatic heterocycles. The molecule has 88 valence electrons. The smallest absolute Gasteiger partial charge is 0.410 e. The van der Waals surface area contributed by atoms with Crippen LogP contribution in [-0.4, -0.2) is 49.9 Å². The van der Waals surface area contributed by atoms with Crippen molar-refractivity contribution in [1.29, 1.82) is 0 Å². The van der Waals surface area contributed by atoms with Crippen LogP contribution >= 0.6 is 12.2 Å². The second kappa shape index (κ2) is 3.85. The molecule has 0 atom stereocenters. The molecule has 0 spiro atoms. The van der Waals surface area contributed by atoms with Crippen LogP contribution in [0.25, 0.3) is 0 Å². The van der Waals surface area contributed by atoms with Crippen LogP contribution < -0.4 is 0 Å². The SMILES string of the molecule is CC1(C)COC(=O)N1CCn1[nH]nnc1=S. The highest BCUT2D eigenvalue weighted by Crippen LogP contribution is 2.22. The molecule has 0 bridgehead atoms. The Morgan fingerprint density at radius 3 is 2.81 bits per heavy atom. The van der Waals surface area contributed by atoms with Gasteiger partial charge in [0.2, 0.25) is 4.77 Å². The normalized spacial score (nSPS) is 18.9. The van der Waals surface area contributed by atoms with Crippen LogP contribution in [0.3, 0.4) is 0 Å². The van der Waals surface area contributed by atoms with Crippen molar-refractivity contribution < 1.29 is 9.53 Å². The summed E-state index contributed by atoms with van der Waals surface area (Å²) in [5.74, 6) is 0. The first-order valence-electron chi connectivity index (χ1n) is 4.93. The number of cyclic esters (lactones) is 1. The molecule has 1 N–H and O–H groups in total. The van der Waals surface area contributed by atoms with Crippen molar-refractivity contribution in [1.82, 2.24) is 25.1 Å². The number of carbonyl (C=O) groups excluding carboxylic acids is 1. The number of ether oxygens (including phenoxy) is 1. The summed E-state index contributed by atoms with van der Waals surface area (Å²) < 4.78 is 6.98. The average Bonchev–Trinajstić information content (AvgIpc) is 2.71. The fourth-order valence-corrected chi connectivity index (χ4v) is 1.77.